The van der Waals surface area contributed by atoms with Crippen LogP contribution in [-0.2, 0) is 0 Å². The molecule has 1 aromatic carbocycles. The van der Waals surface area contributed by atoms with E-state index >= 15 is 0 Å². The molecule has 0 radical (unpaired) electrons. The van der Waals surface area contributed by atoms with Crippen LogP contribution < -0.4 is 4.90 Å². The van der Waals surface area contributed by atoms with E-state index in [2.05, 4.69) is 51.7 Å². The van der Waals surface area contributed by atoms with E-state index in [1.54, 1.807) is 0 Å². The molecule has 1 aliphatic rings. The molecule has 1 aromatic rings. The highest BCUT2D eigenvalue weighted by molar-refractivity contribution is 9.10. The van der Waals surface area contributed by atoms with Crippen molar-refractivity contribution in [3.05, 3.63) is 40.9 Å². The fraction of sp³-hybridized carbons (Fsp3) is 0.385. The summed E-state index contributed by atoms with van der Waals surface area (Å²) in [6.45, 7) is 6.29. The van der Waals surface area contributed by atoms with E-state index in [-0.39, 0.29) is 0 Å². The molecule has 2 rings (SSSR count). The van der Waals surface area contributed by atoms with E-state index in [0.717, 1.165) is 17.6 Å². The largest absolute Gasteiger partial charge is 0.368 e. The number of hydrogen-bond donors (Lipinski definition) is 0. The highest BCUT2D eigenvalue weighted by Crippen LogP contribution is 2.23. The van der Waals surface area contributed by atoms with E-state index in [9.17, 15) is 0 Å². The average molecular weight is 266 g/mol. The SMILES string of the molecule is C=C1CCCCN(c2ccc(Br)cc2)C1. The Bertz CT molecular complexity index is 342. The summed E-state index contributed by atoms with van der Waals surface area (Å²) in [4.78, 5) is 2.42. The molecule has 80 valence electrons. The first-order valence-electron chi connectivity index (χ1n) is 5.43. The zero-order chi connectivity index (χ0) is 10.7. The fourth-order valence-electron chi connectivity index (χ4n) is 1.98. The Morgan fingerprint density at radius 1 is 1.13 bits per heavy atom. The van der Waals surface area contributed by atoms with Gasteiger partial charge in [0.25, 0.3) is 0 Å². The predicted molar refractivity (Wildman–Crippen MR) is 69.3 cm³/mol. The first-order chi connectivity index (χ1) is 7.25. The van der Waals surface area contributed by atoms with E-state index in [1.807, 2.05) is 0 Å². The molecule has 1 heterocycles. The maximum absolute atomic E-state index is 4.12. The third-order valence-corrected chi connectivity index (χ3v) is 3.34. The van der Waals surface area contributed by atoms with Crippen LogP contribution in [0.25, 0.3) is 0 Å². The van der Waals surface area contributed by atoms with Gasteiger partial charge in [-0.25, -0.2) is 0 Å². The topological polar surface area (TPSA) is 3.24 Å². The van der Waals surface area contributed by atoms with E-state index < -0.39 is 0 Å². The van der Waals surface area contributed by atoms with E-state index in [4.69, 9.17) is 0 Å². The summed E-state index contributed by atoms with van der Waals surface area (Å²) < 4.78 is 1.14. The predicted octanol–water partition coefficient (Wildman–Crippen LogP) is 4.00. The standard InChI is InChI=1S/C13H16BrN/c1-11-4-2-3-9-15(10-11)13-7-5-12(14)6-8-13/h5-8H,1-4,9-10H2. The maximum Gasteiger partial charge on any atom is 0.0386 e. The van der Waals surface area contributed by atoms with Gasteiger partial charge in [0.15, 0.2) is 0 Å². The molecule has 1 nitrogen and oxygen atoms in total. The Morgan fingerprint density at radius 3 is 2.60 bits per heavy atom. The summed E-state index contributed by atoms with van der Waals surface area (Å²) in [5.74, 6) is 0. The molecule has 1 aliphatic heterocycles. The van der Waals surface area contributed by atoms with Crippen LogP contribution >= 0.6 is 15.9 Å². The van der Waals surface area contributed by atoms with Crippen LogP contribution in [0.5, 0.6) is 0 Å². The molecule has 0 bridgehead atoms. The van der Waals surface area contributed by atoms with Gasteiger partial charge in [0.2, 0.25) is 0 Å². The lowest BCUT2D eigenvalue weighted by Gasteiger charge is -2.23. The van der Waals surface area contributed by atoms with Crippen molar-refractivity contribution < 1.29 is 0 Å². The second-order valence-corrected chi connectivity index (χ2v) is 5.02. The minimum absolute atomic E-state index is 1.02. The summed E-state index contributed by atoms with van der Waals surface area (Å²) in [6, 6.07) is 8.54. The second-order valence-electron chi connectivity index (χ2n) is 4.11. The number of benzene rings is 1. The lowest BCUT2D eigenvalue weighted by Crippen LogP contribution is -2.24. The van der Waals surface area contributed by atoms with Gasteiger partial charge in [-0.2, -0.15) is 0 Å². The normalized spacial score (nSPS) is 17.7. The van der Waals surface area contributed by atoms with Gasteiger partial charge in [-0.3, -0.25) is 0 Å². The summed E-state index contributed by atoms with van der Waals surface area (Å²) in [6.07, 6.45) is 3.74. The second kappa shape index (κ2) is 4.84. The number of halogens is 1. The number of hydrogen-bond acceptors (Lipinski definition) is 1. The lowest BCUT2D eigenvalue weighted by atomic mass is 10.1. The highest BCUT2D eigenvalue weighted by Gasteiger charge is 2.11. The molecule has 0 spiro atoms. The number of anilines is 1. The monoisotopic (exact) mass is 265 g/mol. The molecular formula is C13H16BrN. The highest BCUT2D eigenvalue weighted by atomic mass is 79.9. The van der Waals surface area contributed by atoms with Crippen molar-refractivity contribution in [2.24, 2.45) is 0 Å². The minimum Gasteiger partial charge on any atom is -0.368 e. The van der Waals surface area contributed by atoms with Crippen molar-refractivity contribution in [3.8, 4) is 0 Å². The van der Waals surface area contributed by atoms with Crippen molar-refractivity contribution in [3.63, 3.8) is 0 Å². The van der Waals surface area contributed by atoms with Gasteiger partial charge in [-0.05, 0) is 43.5 Å². The summed E-state index contributed by atoms with van der Waals surface area (Å²) in [7, 11) is 0. The molecule has 1 saturated heterocycles. The number of rotatable bonds is 1. The summed E-state index contributed by atoms with van der Waals surface area (Å²) >= 11 is 3.46. The van der Waals surface area contributed by atoms with Crippen LogP contribution in [0.15, 0.2) is 40.9 Å². The molecule has 0 aliphatic carbocycles. The Hall–Kier alpha value is -0.760. The molecule has 0 atom stereocenters. The zero-order valence-electron chi connectivity index (χ0n) is 8.88. The van der Waals surface area contributed by atoms with Crippen molar-refractivity contribution >= 4 is 21.6 Å². The quantitative estimate of drug-likeness (QED) is 0.694. The van der Waals surface area contributed by atoms with Crippen molar-refractivity contribution in [2.45, 2.75) is 19.3 Å². The smallest absolute Gasteiger partial charge is 0.0386 e. The van der Waals surface area contributed by atoms with Gasteiger partial charge in [-0.15, -0.1) is 0 Å². The Balaban J connectivity index is 2.14. The Labute approximate surface area is 99.9 Å². The molecule has 0 aromatic heterocycles. The van der Waals surface area contributed by atoms with Crippen LogP contribution in [0.4, 0.5) is 5.69 Å². The summed E-state index contributed by atoms with van der Waals surface area (Å²) in [5, 5.41) is 0. The van der Waals surface area contributed by atoms with Crippen molar-refractivity contribution in [1.29, 1.82) is 0 Å². The van der Waals surface area contributed by atoms with Crippen molar-refractivity contribution in [1.82, 2.24) is 0 Å². The van der Waals surface area contributed by atoms with Crippen molar-refractivity contribution in [2.75, 3.05) is 18.0 Å². The van der Waals surface area contributed by atoms with Gasteiger partial charge < -0.3 is 4.90 Å². The molecule has 0 amide bonds. The molecule has 2 heteroatoms. The van der Waals surface area contributed by atoms with Gasteiger partial charge in [-0.1, -0.05) is 28.1 Å². The average Bonchev–Trinajstić information content (AvgIpc) is 2.44. The van der Waals surface area contributed by atoms with E-state index in [1.165, 1.54) is 30.5 Å². The first kappa shape index (κ1) is 10.7. The third kappa shape index (κ3) is 2.85. The summed E-state index contributed by atoms with van der Waals surface area (Å²) in [5.41, 5.74) is 2.66. The molecule has 15 heavy (non-hydrogen) atoms. The lowest BCUT2D eigenvalue weighted by molar-refractivity contribution is 0.761. The van der Waals surface area contributed by atoms with Crippen LogP contribution in [0.3, 0.4) is 0 Å². The molecule has 1 fully saturated rings. The molecule has 0 saturated carbocycles. The Morgan fingerprint density at radius 2 is 1.87 bits per heavy atom. The van der Waals surface area contributed by atoms with Crippen LogP contribution in [0.1, 0.15) is 19.3 Å². The first-order valence-corrected chi connectivity index (χ1v) is 6.22. The molecule has 0 unspecified atom stereocenters. The van der Waals surface area contributed by atoms with Crippen LogP contribution in [-0.4, -0.2) is 13.1 Å². The zero-order valence-corrected chi connectivity index (χ0v) is 10.5. The van der Waals surface area contributed by atoms with Crippen LogP contribution in [0, 0.1) is 0 Å². The number of nitrogens with zero attached hydrogens (tertiary/aromatic N) is 1. The Kier molecular flexibility index (Phi) is 3.47. The molecule has 0 N–H and O–H groups in total. The van der Waals surface area contributed by atoms with E-state index in [0.29, 0.717) is 0 Å². The van der Waals surface area contributed by atoms with Gasteiger partial charge in [0.1, 0.15) is 0 Å². The van der Waals surface area contributed by atoms with Gasteiger partial charge >= 0.3 is 0 Å². The molecular weight excluding hydrogens is 250 g/mol. The van der Waals surface area contributed by atoms with Crippen LogP contribution in [0.2, 0.25) is 0 Å². The minimum atomic E-state index is 1.02. The third-order valence-electron chi connectivity index (χ3n) is 2.81. The maximum atomic E-state index is 4.12. The van der Waals surface area contributed by atoms with Gasteiger partial charge in [0, 0.05) is 23.2 Å². The fourth-order valence-corrected chi connectivity index (χ4v) is 2.24. The van der Waals surface area contributed by atoms with Gasteiger partial charge in [0.05, 0.1) is 0 Å².